The first-order chi connectivity index (χ1) is 13.0. The van der Waals surface area contributed by atoms with Crippen LogP contribution < -0.4 is 10.6 Å². The molecule has 2 unspecified atom stereocenters. The van der Waals surface area contributed by atoms with Crippen molar-refractivity contribution in [3.05, 3.63) is 0 Å². The van der Waals surface area contributed by atoms with Crippen LogP contribution in [0.15, 0.2) is 4.99 Å². The summed E-state index contributed by atoms with van der Waals surface area (Å²) in [6.07, 6.45) is 2.71. The average Bonchev–Trinajstić information content (AvgIpc) is 3.13. The van der Waals surface area contributed by atoms with Crippen LogP contribution in [0.5, 0.6) is 0 Å². The van der Waals surface area contributed by atoms with Gasteiger partial charge in [0, 0.05) is 51.2 Å². The fraction of sp³-hybridized carbons (Fsp3) is 0.900. The number of guanidine groups is 1. The fourth-order valence-electron chi connectivity index (χ4n) is 3.86. The molecule has 2 heterocycles. The average molecular weight is 509 g/mol. The fourth-order valence-corrected chi connectivity index (χ4v) is 3.86. The van der Waals surface area contributed by atoms with E-state index in [9.17, 15) is 4.79 Å². The van der Waals surface area contributed by atoms with E-state index in [-0.39, 0.29) is 35.9 Å². The lowest BCUT2D eigenvalue weighted by molar-refractivity contribution is -0.129. The number of amides is 1. The number of aliphatic imine (C=N–C) groups is 1. The van der Waals surface area contributed by atoms with Crippen molar-refractivity contribution in [2.45, 2.75) is 59.0 Å². The van der Waals surface area contributed by atoms with Crippen molar-refractivity contribution in [2.75, 3.05) is 52.5 Å². The van der Waals surface area contributed by atoms with Crippen LogP contribution in [0.2, 0.25) is 0 Å². The standard InChI is InChI=1S/C20H39N5O2.HI/c1-5-19(26)25-8-7-17(15-25)23-20(21-6-2)22-14-18(13-16(3)4)24-9-11-27-12-10-24;/h16-18H,5-15H2,1-4H3,(H2,21,22,23);1H. The molecule has 7 nitrogen and oxygen atoms in total. The molecule has 8 heteroatoms. The van der Waals surface area contributed by atoms with E-state index in [4.69, 9.17) is 9.73 Å². The third-order valence-electron chi connectivity index (χ3n) is 5.29. The Balaban J connectivity index is 0.00000392. The van der Waals surface area contributed by atoms with Crippen LogP contribution in [-0.4, -0.2) is 86.2 Å². The molecule has 2 atom stereocenters. The van der Waals surface area contributed by atoms with E-state index in [0.29, 0.717) is 18.4 Å². The van der Waals surface area contributed by atoms with Crippen LogP contribution in [0.3, 0.4) is 0 Å². The van der Waals surface area contributed by atoms with E-state index < -0.39 is 0 Å². The van der Waals surface area contributed by atoms with Gasteiger partial charge in [0.25, 0.3) is 0 Å². The second-order valence-corrected chi connectivity index (χ2v) is 7.97. The Morgan fingerprint density at radius 3 is 2.54 bits per heavy atom. The first-order valence-corrected chi connectivity index (χ1v) is 10.7. The molecule has 0 aromatic rings. The Hall–Kier alpha value is -0.610. The molecule has 0 aliphatic carbocycles. The summed E-state index contributed by atoms with van der Waals surface area (Å²) in [5.41, 5.74) is 0. The first kappa shape index (κ1) is 25.4. The molecule has 164 valence electrons. The van der Waals surface area contributed by atoms with Crippen molar-refractivity contribution < 1.29 is 9.53 Å². The van der Waals surface area contributed by atoms with Gasteiger partial charge in [0.1, 0.15) is 0 Å². The summed E-state index contributed by atoms with van der Waals surface area (Å²) in [7, 11) is 0. The topological polar surface area (TPSA) is 69.2 Å². The zero-order valence-electron chi connectivity index (χ0n) is 18.1. The predicted octanol–water partition coefficient (Wildman–Crippen LogP) is 1.92. The van der Waals surface area contributed by atoms with Crippen LogP contribution in [0.4, 0.5) is 0 Å². The number of rotatable bonds is 8. The highest BCUT2D eigenvalue weighted by Crippen LogP contribution is 2.14. The third-order valence-corrected chi connectivity index (χ3v) is 5.29. The van der Waals surface area contributed by atoms with E-state index in [2.05, 4.69) is 36.3 Å². The number of hydrogen-bond acceptors (Lipinski definition) is 4. The molecule has 2 fully saturated rings. The lowest BCUT2D eigenvalue weighted by Gasteiger charge is -2.34. The highest BCUT2D eigenvalue weighted by atomic mass is 127. The molecule has 0 aromatic carbocycles. The van der Waals surface area contributed by atoms with E-state index >= 15 is 0 Å². The zero-order valence-corrected chi connectivity index (χ0v) is 20.4. The van der Waals surface area contributed by atoms with Gasteiger partial charge >= 0.3 is 0 Å². The molecular weight excluding hydrogens is 469 g/mol. The van der Waals surface area contributed by atoms with E-state index in [1.165, 1.54) is 0 Å². The minimum absolute atomic E-state index is 0. The Morgan fingerprint density at radius 2 is 1.93 bits per heavy atom. The van der Waals surface area contributed by atoms with Crippen LogP contribution in [-0.2, 0) is 9.53 Å². The molecule has 28 heavy (non-hydrogen) atoms. The highest BCUT2D eigenvalue weighted by molar-refractivity contribution is 14.0. The molecule has 2 aliphatic rings. The number of ether oxygens (including phenoxy) is 1. The Morgan fingerprint density at radius 1 is 1.21 bits per heavy atom. The SMILES string of the molecule is CCNC(=NCC(CC(C)C)N1CCOCC1)NC1CCN(C(=O)CC)C1.I. The molecule has 2 aliphatic heterocycles. The zero-order chi connectivity index (χ0) is 19.6. The molecule has 0 radical (unpaired) electrons. The van der Waals surface area contributed by atoms with Gasteiger partial charge in [-0.2, -0.15) is 0 Å². The molecule has 2 N–H and O–H groups in total. The van der Waals surface area contributed by atoms with Gasteiger partial charge in [0.15, 0.2) is 5.96 Å². The van der Waals surface area contributed by atoms with Crippen LogP contribution in [0, 0.1) is 5.92 Å². The number of morpholine rings is 1. The van der Waals surface area contributed by atoms with Gasteiger partial charge in [-0.3, -0.25) is 14.7 Å². The smallest absolute Gasteiger partial charge is 0.222 e. The number of carbonyl (C=O) groups is 1. The molecule has 1 amide bonds. The number of nitrogens with zero attached hydrogens (tertiary/aromatic N) is 3. The van der Waals surface area contributed by atoms with Crippen molar-refractivity contribution in [1.82, 2.24) is 20.4 Å². The van der Waals surface area contributed by atoms with Crippen molar-refractivity contribution in [1.29, 1.82) is 0 Å². The predicted molar refractivity (Wildman–Crippen MR) is 125 cm³/mol. The molecule has 2 rings (SSSR count). The monoisotopic (exact) mass is 509 g/mol. The lowest BCUT2D eigenvalue weighted by Crippen LogP contribution is -2.48. The quantitative estimate of drug-likeness (QED) is 0.297. The van der Waals surface area contributed by atoms with Gasteiger partial charge in [-0.15, -0.1) is 24.0 Å². The maximum absolute atomic E-state index is 11.9. The number of carbonyl (C=O) groups excluding carboxylic acids is 1. The molecule has 0 saturated carbocycles. The second-order valence-electron chi connectivity index (χ2n) is 7.97. The first-order valence-electron chi connectivity index (χ1n) is 10.7. The van der Waals surface area contributed by atoms with Crippen LogP contribution in [0.1, 0.15) is 47.0 Å². The number of likely N-dealkylation sites (tertiary alicyclic amines) is 1. The molecule has 2 saturated heterocycles. The Kier molecular flexibility index (Phi) is 12.3. The van der Waals surface area contributed by atoms with Crippen molar-refractivity contribution in [3.8, 4) is 0 Å². The molecule has 0 bridgehead atoms. The summed E-state index contributed by atoms with van der Waals surface area (Å²) in [6.45, 7) is 15.4. The summed E-state index contributed by atoms with van der Waals surface area (Å²) in [4.78, 5) is 21.3. The van der Waals surface area contributed by atoms with Crippen molar-refractivity contribution in [3.63, 3.8) is 0 Å². The summed E-state index contributed by atoms with van der Waals surface area (Å²) >= 11 is 0. The number of halogens is 1. The summed E-state index contributed by atoms with van der Waals surface area (Å²) in [5, 5.41) is 6.91. The minimum atomic E-state index is 0. The van der Waals surface area contributed by atoms with Gasteiger partial charge in [0.05, 0.1) is 19.8 Å². The number of nitrogens with one attached hydrogen (secondary N) is 2. The van der Waals surface area contributed by atoms with Crippen molar-refractivity contribution in [2.24, 2.45) is 10.9 Å². The third kappa shape index (κ3) is 8.41. The Bertz CT molecular complexity index is 483. The van der Waals surface area contributed by atoms with Crippen LogP contribution >= 0.6 is 24.0 Å². The number of hydrogen-bond donors (Lipinski definition) is 2. The lowest BCUT2D eigenvalue weighted by atomic mass is 10.0. The van der Waals surface area contributed by atoms with E-state index in [0.717, 1.165) is 71.3 Å². The summed E-state index contributed by atoms with van der Waals surface area (Å²) in [5.74, 6) is 1.76. The molecule has 0 spiro atoms. The van der Waals surface area contributed by atoms with Crippen molar-refractivity contribution >= 4 is 35.8 Å². The molecular formula is C20H40IN5O2. The Labute approximate surface area is 188 Å². The maximum atomic E-state index is 11.9. The van der Waals surface area contributed by atoms with Crippen LogP contribution in [0.25, 0.3) is 0 Å². The van der Waals surface area contributed by atoms with Gasteiger partial charge in [-0.25, -0.2) is 0 Å². The van der Waals surface area contributed by atoms with E-state index in [1.54, 1.807) is 0 Å². The van der Waals surface area contributed by atoms with Gasteiger partial charge in [-0.05, 0) is 25.7 Å². The largest absolute Gasteiger partial charge is 0.379 e. The molecule has 0 aromatic heterocycles. The van der Waals surface area contributed by atoms with Gasteiger partial charge < -0.3 is 20.3 Å². The summed E-state index contributed by atoms with van der Waals surface area (Å²) < 4.78 is 5.51. The minimum Gasteiger partial charge on any atom is -0.379 e. The summed E-state index contributed by atoms with van der Waals surface area (Å²) in [6, 6.07) is 0.733. The normalized spacial score (nSPS) is 22.1. The van der Waals surface area contributed by atoms with Gasteiger partial charge in [-0.1, -0.05) is 20.8 Å². The maximum Gasteiger partial charge on any atom is 0.222 e. The van der Waals surface area contributed by atoms with E-state index in [1.807, 2.05) is 11.8 Å². The second kappa shape index (κ2) is 13.6. The van der Waals surface area contributed by atoms with Gasteiger partial charge in [0.2, 0.25) is 5.91 Å². The highest BCUT2D eigenvalue weighted by Gasteiger charge is 2.26.